The SMILES string of the molecule is CC1CCN(CCOC2CCC(C(C)(C)C)CC2)CC1. The molecule has 1 heterocycles. The Labute approximate surface area is 126 Å². The molecule has 20 heavy (non-hydrogen) atoms. The van der Waals surface area contributed by atoms with Crippen molar-refractivity contribution in [2.24, 2.45) is 17.3 Å². The summed E-state index contributed by atoms with van der Waals surface area (Å²) in [4.78, 5) is 2.58. The predicted octanol–water partition coefficient (Wildman–Crippen LogP) is 4.34. The van der Waals surface area contributed by atoms with E-state index in [9.17, 15) is 0 Å². The van der Waals surface area contributed by atoms with Crippen LogP contribution in [0.4, 0.5) is 0 Å². The van der Waals surface area contributed by atoms with Gasteiger partial charge in [-0.2, -0.15) is 0 Å². The molecule has 1 aliphatic carbocycles. The molecule has 2 rings (SSSR count). The van der Waals surface area contributed by atoms with Crippen molar-refractivity contribution < 1.29 is 4.74 Å². The molecule has 0 unspecified atom stereocenters. The van der Waals surface area contributed by atoms with Crippen molar-refractivity contribution >= 4 is 0 Å². The van der Waals surface area contributed by atoms with E-state index in [1.165, 1.54) is 51.6 Å². The summed E-state index contributed by atoms with van der Waals surface area (Å²) in [5, 5.41) is 0. The van der Waals surface area contributed by atoms with Crippen molar-refractivity contribution in [3.63, 3.8) is 0 Å². The van der Waals surface area contributed by atoms with Gasteiger partial charge in [-0.05, 0) is 68.9 Å². The summed E-state index contributed by atoms with van der Waals surface area (Å²) in [5.74, 6) is 1.82. The van der Waals surface area contributed by atoms with Crippen molar-refractivity contribution in [1.29, 1.82) is 0 Å². The predicted molar refractivity (Wildman–Crippen MR) is 86.0 cm³/mol. The van der Waals surface area contributed by atoms with E-state index in [4.69, 9.17) is 4.74 Å². The summed E-state index contributed by atoms with van der Waals surface area (Å²) in [6, 6.07) is 0. The van der Waals surface area contributed by atoms with Crippen LogP contribution in [-0.2, 0) is 4.74 Å². The summed E-state index contributed by atoms with van der Waals surface area (Å²) >= 11 is 0. The number of likely N-dealkylation sites (tertiary alicyclic amines) is 1. The number of nitrogens with zero attached hydrogens (tertiary/aromatic N) is 1. The third kappa shape index (κ3) is 5.04. The van der Waals surface area contributed by atoms with Gasteiger partial charge in [0.25, 0.3) is 0 Å². The van der Waals surface area contributed by atoms with Crippen molar-refractivity contribution in [3.05, 3.63) is 0 Å². The van der Waals surface area contributed by atoms with Gasteiger partial charge in [-0.3, -0.25) is 0 Å². The first-order valence-corrected chi connectivity index (χ1v) is 8.79. The lowest BCUT2D eigenvalue weighted by molar-refractivity contribution is -0.00741. The Bertz CT molecular complexity index is 268. The molecule has 0 N–H and O–H groups in total. The van der Waals surface area contributed by atoms with Crippen LogP contribution in [0.3, 0.4) is 0 Å². The van der Waals surface area contributed by atoms with E-state index in [1.54, 1.807) is 0 Å². The van der Waals surface area contributed by atoms with Crippen LogP contribution in [0.15, 0.2) is 0 Å². The van der Waals surface area contributed by atoms with Crippen LogP contribution in [0.25, 0.3) is 0 Å². The van der Waals surface area contributed by atoms with Gasteiger partial charge in [-0.1, -0.05) is 27.7 Å². The van der Waals surface area contributed by atoms with Crippen LogP contribution >= 0.6 is 0 Å². The zero-order valence-corrected chi connectivity index (χ0v) is 14.2. The highest BCUT2D eigenvalue weighted by atomic mass is 16.5. The van der Waals surface area contributed by atoms with Gasteiger partial charge in [-0.25, -0.2) is 0 Å². The topological polar surface area (TPSA) is 12.5 Å². The Morgan fingerprint density at radius 1 is 0.950 bits per heavy atom. The average Bonchev–Trinajstić information content (AvgIpc) is 2.41. The molecule has 2 aliphatic rings. The Kier molecular flexibility index (Phi) is 5.92. The molecule has 1 saturated carbocycles. The van der Waals surface area contributed by atoms with E-state index in [2.05, 4.69) is 32.6 Å². The largest absolute Gasteiger partial charge is 0.377 e. The Hall–Kier alpha value is -0.0800. The maximum Gasteiger partial charge on any atom is 0.0597 e. The van der Waals surface area contributed by atoms with Crippen molar-refractivity contribution in [3.8, 4) is 0 Å². The van der Waals surface area contributed by atoms with Crippen LogP contribution in [0.1, 0.15) is 66.2 Å². The van der Waals surface area contributed by atoms with E-state index in [0.717, 1.165) is 25.0 Å². The van der Waals surface area contributed by atoms with E-state index < -0.39 is 0 Å². The van der Waals surface area contributed by atoms with Gasteiger partial charge in [-0.15, -0.1) is 0 Å². The first-order valence-electron chi connectivity index (χ1n) is 8.79. The van der Waals surface area contributed by atoms with Gasteiger partial charge in [0.15, 0.2) is 0 Å². The summed E-state index contributed by atoms with van der Waals surface area (Å²) in [7, 11) is 0. The smallest absolute Gasteiger partial charge is 0.0597 e. The lowest BCUT2D eigenvalue weighted by Crippen LogP contribution is -2.36. The molecule has 1 saturated heterocycles. The highest BCUT2D eigenvalue weighted by Crippen LogP contribution is 2.38. The second kappa shape index (κ2) is 7.26. The van der Waals surface area contributed by atoms with E-state index in [1.807, 2.05) is 0 Å². The molecule has 2 heteroatoms. The summed E-state index contributed by atoms with van der Waals surface area (Å²) < 4.78 is 6.13. The molecule has 0 aromatic heterocycles. The molecule has 0 spiro atoms. The number of piperidine rings is 1. The standard InChI is InChI=1S/C18H35NO/c1-15-9-11-19(12-10-15)13-14-20-17-7-5-16(6-8-17)18(2,3)4/h15-17H,5-14H2,1-4H3. The fourth-order valence-electron chi connectivity index (χ4n) is 3.73. The van der Waals surface area contributed by atoms with E-state index >= 15 is 0 Å². The van der Waals surface area contributed by atoms with Crippen LogP contribution in [0.5, 0.6) is 0 Å². The number of hydrogen-bond donors (Lipinski definition) is 0. The molecular weight excluding hydrogens is 246 g/mol. The third-order valence-electron chi connectivity index (χ3n) is 5.54. The zero-order chi connectivity index (χ0) is 14.6. The van der Waals surface area contributed by atoms with Gasteiger partial charge >= 0.3 is 0 Å². The number of hydrogen-bond acceptors (Lipinski definition) is 2. The minimum Gasteiger partial charge on any atom is -0.377 e. The molecule has 0 bridgehead atoms. The fourth-order valence-corrected chi connectivity index (χ4v) is 3.73. The highest BCUT2D eigenvalue weighted by Gasteiger charge is 2.29. The second-order valence-electron chi connectivity index (χ2n) is 8.23. The Balaban J connectivity index is 1.57. The minimum atomic E-state index is 0.482. The molecule has 1 aliphatic heterocycles. The van der Waals surface area contributed by atoms with Crippen molar-refractivity contribution in [2.45, 2.75) is 72.3 Å². The minimum absolute atomic E-state index is 0.482. The number of ether oxygens (including phenoxy) is 1. The summed E-state index contributed by atoms with van der Waals surface area (Å²) in [6.07, 6.45) is 8.55. The van der Waals surface area contributed by atoms with Crippen molar-refractivity contribution in [2.75, 3.05) is 26.2 Å². The molecule has 0 radical (unpaired) electrons. The quantitative estimate of drug-likeness (QED) is 0.760. The van der Waals surface area contributed by atoms with E-state index in [-0.39, 0.29) is 0 Å². The Morgan fingerprint density at radius 2 is 1.55 bits per heavy atom. The highest BCUT2D eigenvalue weighted by molar-refractivity contribution is 4.81. The average molecular weight is 281 g/mol. The van der Waals surface area contributed by atoms with Gasteiger partial charge < -0.3 is 9.64 Å². The fraction of sp³-hybridized carbons (Fsp3) is 1.00. The molecular formula is C18H35NO. The lowest BCUT2D eigenvalue weighted by atomic mass is 9.72. The first-order chi connectivity index (χ1) is 9.45. The lowest BCUT2D eigenvalue weighted by Gasteiger charge is -2.37. The van der Waals surface area contributed by atoms with Gasteiger partial charge in [0, 0.05) is 6.54 Å². The van der Waals surface area contributed by atoms with Gasteiger partial charge in [0.2, 0.25) is 0 Å². The van der Waals surface area contributed by atoms with Gasteiger partial charge in [0.1, 0.15) is 0 Å². The summed E-state index contributed by atoms with van der Waals surface area (Å²) in [6.45, 7) is 14.2. The number of rotatable bonds is 4. The first kappa shape index (κ1) is 16.3. The molecule has 2 nitrogen and oxygen atoms in total. The molecule has 0 aromatic rings. The van der Waals surface area contributed by atoms with Crippen LogP contribution in [0, 0.1) is 17.3 Å². The van der Waals surface area contributed by atoms with Crippen LogP contribution < -0.4 is 0 Å². The van der Waals surface area contributed by atoms with E-state index in [0.29, 0.717) is 11.5 Å². The van der Waals surface area contributed by atoms with Crippen LogP contribution in [-0.4, -0.2) is 37.2 Å². The maximum atomic E-state index is 6.13. The second-order valence-corrected chi connectivity index (χ2v) is 8.23. The monoisotopic (exact) mass is 281 g/mol. The summed E-state index contributed by atoms with van der Waals surface area (Å²) in [5.41, 5.74) is 0.482. The molecule has 0 aromatic carbocycles. The van der Waals surface area contributed by atoms with Crippen molar-refractivity contribution in [1.82, 2.24) is 4.90 Å². The van der Waals surface area contributed by atoms with Gasteiger partial charge in [0.05, 0.1) is 12.7 Å². The van der Waals surface area contributed by atoms with Crippen LogP contribution in [0.2, 0.25) is 0 Å². The Morgan fingerprint density at radius 3 is 2.10 bits per heavy atom. The maximum absolute atomic E-state index is 6.13. The normalized spacial score (nSPS) is 30.6. The molecule has 118 valence electrons. The molecule has 2 fully saturated rings. The third-order valence-corrected chi connectivity index (χ3v) is 5.54. The molecule has 0 amide bonds. The molecule has 0 atom stereocenters. The zero-order valence-electron chi connectivity index (χ0n) is 14.2.